The lowest BCUT2D eigenvalue weighted by molar-refractivity contribution is -0.137. The highest BCUT2D eigenvalue weighted by molar-refractivity contribution is 5.89. The fourth-order valence-corrected chi connectivity index (χ4v) is 4.92. The second-order valence-corrected chi connectivity index (χ2v) is 8.46. The summed E-state index contributed by atoms with van der Waals surface area (Å²) in [4.78, 5) is 31.4. The Bertz CT molecular complexity index is 758. The highest BCUT2D eigenvalue weighted by Gasteiger charge is 2.40. The zero-order valence-corrected chi connectivity index (χ0v) is 17.1. The zero-order chi connectivity index (χ0) is 20.4. The molecule has 158 valence electrons. The largest absolute Gasteiger partial charge is 0.494 e. The van der Waals surface area contributed by atoms with Gasteiger partial charge in [-0.25, -0.2) is 4.39 Å². The molecule has 0 bridgehead atoms. The van der Waals surface area contributed by atoms with Gasteiger partial charge in [-0.05, 0) is 30.5 Å². The van der Waals surface area contributed by atoms with E-state index in [-0.39, 0.29) is 29.3 Å². The van der Waals surface area contributed by atoms with Crippen LogP contribution in [0.15, 0.2) is 18.2 Å². The summed E-state index contributed by atoms with van der Waals surface area (Å²) in [5.41, 5.74) is 0.900. The van der Waals surface area contributed by atoms with Crippen LogP contribution in [0, 0.1) is 11.7 Å². The quantitative estimate of drug-likeness (QED) is 0.757. The van der Waals surface area contributed by atoms with E-state index in [1.165, 1.54) is 26.0 Å². The maximum Gasteiger partial charge on any atom is 0.228 e. The number of carbonyl (C=O) groups excluding carboxylic acids is 2. The molecule has 3 fully saturated rings. The van der Waals surface area contributed by atoms with E-state index in [1.807, 2.05) is 15.9 Å². The molecule has 1 aromatic rings. The van der Waals surface area contributed by atoms with Crippen LogP contribution in [0.25, 0.3) is 0 Å². The van der Waals surface area contributed by atoms with Crippen molar-refractivity contribution >= 4 is 11.8 Å². The Morgan fingerprint density at radius 3 is 2.55 bits per heavy atom. The summed E-state index contributed by atoms with van der Waals surface area (Å²) in [6, 6.07) is 5.39. The van der Waals surface area contributed by atoms with E-state index in [2.05, 4.69) is 4.90 Å². The van der Waals surface area contributed by atoms with Crippen molar-refractivity contribution in [2.45, 2.75) is 44.7 Å². The van der Waals surface area contributed by atoms with Gasteiger partial charge in [0.05, 0.1) is 13.0 Å². The summed E-state index contributed by atoms with van der Waals surface area (Å²) in [6.07, 6.45) is 4.90. The van der Waals surface area contributed by atoms with Crippen LogP contribution < -0.4 is 4.74 Å². The van der Waals surface area contributed by atoms with Gasteiger partial charge in [-0.2, -0.15) is 0 Å². The van der Waals surface area contributed by atoms with E-state index in [0.717, 1.165) is 31.5 Å². The van der Waals surface area contributed by atoms with Crippen LogP contribution >= 0.6 is 0 Å². The van der Waals surface area contributed by atoms with E-state index in [4.69, 9.17) is 4.74 Å². The molecule has 3 aliphatic rings. The van der Waals surface area contributed by atoms with Gasteiger partial charge < -0.3 is 14.5 Å². The zero-order valence-electron chi connectivity index (χ0n) is 17.1. The Morgan fingerprint density at radius 2 is 1.90 bits per heavy atom. The summed E-state index contributed by atoms with van der Waals surface area (Å²) in [5.74, 6) is -0.0202. The van der Waals surface area contributed by atoms with Gasteiger partial charge in [0.25, 0.3) is 0 Å². The lowest BCUT2D eigenvalue weighted by Crippen LogP contribution is -2.50. The van der Waals surface area contributed by atoms with Crippen LogP contribution in [0.3, 0.4) is 0 Å². The fourth-order valence-electron chi connectivity index (χ4n) is 4.92. The first-order chi connectivity index (χ1) is 14.0. The van der Waals surface area contributed by atoms with Gasteiger partial charge in [-0.1, -0.05) is 18.9 Å². The van der Waals surface area contributed by atoms with Crippen LogP contribution in [-0.4, -0.2) is 72.4 Å². The van der Waals surface area contributed by atoms with Gasteiger partial charge in [0.1, 0.15) is 0 Å². The number of methoxy groups -OCH3 is 1. The normalized spacial score (nSPS) is 23.8. The molecule has 29 heavy (non-hydrogen) atoms. The number of benzene rings is 1. The fraction of sp³-hybridized carbons (Fsp3) is 0.636. The summed E-state index contributed by atoms with van der Waals surface area (Å²) < 4.78 is 18.9. The summed E-state index contributed by atoms with van der Waals surface area (Å²) in [5, 5.41) is 0. The number of ether oxygens (including phenoxy) is 1. The molecule has 1 saturated carbocycles. The number of halogens is 1. The number of likely N-dealkylation sites (tertiary alicyclic amines) is 1. The third kappa shape index (κ3) is 4.39. The highest BCUT2D eigenvalue weighted by atomic mass is 19.1. The van der Waals surface area contributed by atoms with Gasteiger partial charge in [-0.3, -0.25) is 14.5 Å². The minimum absolute atomic E-state index is 0.119. The number of nitrogens with zero attached hydrogens (tertiary/aromatic N) is 3. The molecule has 6 nitrogen and oxygen atoms in total. The molecule has 1 unspecified atom stereocenters. The highest BCUT2D eigenvalue weighted by Crippen LogP contribution is 2.30. The van der Waals surface area contributed by atoms with Crippen molar-refractivity contribution in [3.05, 3.63) is 29.6 Å². The van der Waals surface area contributed by atoms with Crippen LogP contribution in [0.4, 0.5) is 4.39 Å². The van der Waals surface area contributed by atoms with Gasteiger partial charge in [0.2, 0.25) is 11.8 Å². The molecular formula is C22H30FN3O3. The average molecular weight is 403 g/mol. The molecule has 0 radical (unpaired) electrons. The maximum absolute atomic E-state index is 13.9. The van der Waals surface area contributed by atoms with E-state index in [1.54, 1.807) is 6.07 Å². The number of hydrogen-bond acceptors (Lipinski definition) is 4. The molecule has 2 saturated heterocycles. The summed E-state index contributed by atoms with van der Waals surface area (Å²) >= 11 is 0. The van der Waals surface area contributed by atoms with Crippen molar-refractivity contribution in [3.8, 4) is 5.75 Å². The predicted molar refractivity (Wildman–Crippen MR) is 107 cm³/mol. The first-order valence-corrected chi connectivity index (χ1v) is 10.7. The van der Waals surface area contributed by atoms with Crippen molar-refractivity contribution in [2.75, 3.05) is 39.8 Å². The number of carbonyl (C=O) groups is 2. The van der Waals surface area contributed by atoms with Crippen molar-refractivity contribution in [1.82, 2.24) is 14.7 Å². The van der Waals surface area contributed by atoms with E-state index >= 15 is 0 Å². The number of hydrogen-bond donors (Lipinski definition) is 0. The standard InChI is InChI=1S/C22H30FN3O3/c1-29-20-7-6-16(12-19(20)23)14-24-8-10-25(11-9-24)22(28)17-13-21(27)26(15-17)18-4-2-3-5-18/h6-7,12,17-18H,2-5,8-11,13-15H2,1H3. The van der Waals surface area contributed by atoms with Crippen LogP contribution in [0.1, 0.15) is 37.7 Å². The van der Waals surface area contributed by atoms with Crippen LogP contribution in [-0.2, 0) is 16.1 Å². The second kappa shape index (κ2) is 8.69. The molecule has 2 heterocycles. The lowest BCUT2D eigenvalue weighted by atomic mass is 10.1. The average Bonchev–Trinajstić information content (AvgIpc) is 3.38. The maximum atomic E-state index is 13.9. The third-order valence-electron chi connectivity index (χ3n) is 6.58. The molecule has 1 atom stereocenters. The number of amides is 2. The molecule has 2 amide bonds. The van der Waals surface area contributed by atoms with E-state index in [9.17, 15) is 14.0 Å². The topological polar surface area (TPSA) is 53.1 Å². The third-order valence-corrected chi connectivity index (χ3v) is 6.58. The first kappa shape index (κ1) is 20.1. The molecule has 0 spiro atoms. The van der Waals surface area contributed by atoms with Gasteiger partial charge in [0.15, 0.2) is 11.6 Å². The summed E-state index contributed by atoms with van der Waals surface area (Å²) in [6.45, 7) is 4.07. The SMILES string of the molecule is COc1ccc(CN2CCN(C(=O)C3CC(=O)N(C4CCCC4)C3)CC2)cc1F. The second-order valence-electron chi connectivity index (χ2n) is 8.46. The van der Waals surface area contributed by atoms with Gasteiger partial charge in [0, 0.05) is 51.7 Å². The Hall–Kier alpha value is -2.15. The van der Waals surface area contributed by atoms with Crippen molar-refractivity contribution in [1.29, 1.82) is 0 Å². The monoisotopic (exact) mass is 403 g/mol. The Kier molecular flexibility index (Phi) is 6.04. The van der Waals surface area contributed by atoms with Crippen molar-refractivity contribution in [3.63, 3.8) is 0 Å². The van der Waals surface area contributed by atoms with Gasteiger partial charge >= 0.3 is 0 Å². The minimum Gasteiger partial charge on any atom is -0.494 e. The van der Waals surface area contributed by atoms with E-state index < -0.39 is 0 Å². The lowest BCUT2D eigenvalue weighted by Gasteiger charge is -2.36. The first-order valence-electron chi connectivity index (χ1n) is 10.7. The molecule has 0 aromatic heterocycles. The van der Waals surface area contributed by atoms with Crippen molar-refractivity contribution < 1.29 is 18.7 Å². The summed E-state index contributed by atoms with van der Waals surface area (Å²) in [7, 11) is 1.46. The van der Waals surface area contributed by atoms with Crippen LogP contribution in [0.5, 0.6) is 5.75 Å². The minimum atomic E-state index is -0.350. The smallest absolute Gasteiger partial charge is 0.228 e. The molecule has 1 aliphatic carbocycles. The van der Waals surface area contributed by atoms with Crippen LogP contribution in [0.2, 0.25) is 0 Å². The molecule has 1 aromatic carbocycles. The molecule has 4 rings (SSSR count). The number of rotatable bonds is 5. The Labute approximate surface area is 171 Å². The van der Waals surface area contributed by atoms with E-state index in [0.29, 0.717) is 38.6 Å². The molecule has 0 N–H and O–H groups in total. The predicted octanol–water partition coefficient (Wildman–Crippen LogP) is 2.27. The molecule has 7 heteroatoms. The molecular weight excluding hydrogens is 373 g/mol. The van der Waals surface area contributed by atoms with Crippen molar-refractivity contribution in [2.24, 2.45) is 5.92 Å². The Balaban J connectivity index is 1.27. The molecule has 2 aliphatic heterocycles. The Morgan fingerprint density at radius 1 is 1.17 bits per heavy atom. The number of piperazine rings is 1. The van der Waals surface area contributed by atoms with Gasteiger partial charge in [-0.15, -0.1) is 0 Å².